The maximum Gasteiger partial charge on any atom is 0.199 e. The molecule has 0 unspecified atom stereocenters. The van der Waals surface area contributed by atoms with Gasteiger partial charge in [0.05, 0.1) is 17.3 Å². The first-order valence-electron chi connectivity index (χ1n) is 7.77. The van der Waals surface area contributed by atoms with E-state index in [0.717, 1.165) is 46.5 Å². The molecular weight excluding hydrogens is 298 g/mol. The summed E-state index contributed by atoms with van der Waals surface area (Å²) in [5.41, 5.74) is 11.4. The molecule has 0 spiro atoms. The van der Waals surface area contributed by atoms with Crippen molar-refractivity contribution in [3.05, 3.63) is 65.2 Å². The molecule has 0 saturated heterocycles. The number of nitrogen functional groups attached to an aromatic ring is 1. The zero-order valence-corrected chi connectivity index (χ0v) is 13.0. The minimum atomic E-state index is 0.345. The van der Waals surface area contributed by atoms with Crippen molar-refractivity contribution < 1.29 is 0 Å². The van der Waals surface area contributed by atoms with E-state index in [2.05, 4.69) is 16.0 Å². The lowest BCUT2D eigenvalue weighted by Crippen LogP contribution is -1.95. The molecule has 1 aliphatic carbocycles. The van der Waals surface area contributed by atoms with Gasteiger partial charge in [0.15, 0.2) is 11.8 Å². The lowest BCUT2D eigenvalue weighted by molar-refractivity contribution is 1.08. The third kappa shape index (κ3) is 2.34. The number of rotatable bonds is 2. The van der Waals surface area contributed by atoms with Crippen molar-refractivity contribution >= 4 is 17.5 Å². The van der Waals surface area contributed by atoms with E-state index in [1.54, 1.807) is 0 Å². The number of imidazole rings is 1. The van der Waals surface area contributed by atoms with Gasteiger partial charge >= 0.3 is 0 Å². The number of H-pyrrole nitrogens is 1. The number of nitrogens with zero attached hydrogens (tertiary/aromatic N) is 3. The molecule has 0 aliphatic heterocycles. The van der Waals surface area contributed by atoms with E-state index in [-0.39, 0.29) is 0 Å². The van der Waals surface area contributed by atoms with Crippen molar-refractivity contribution in [1.82, 2.24) is 9.97 Å². The average Bonchev–Trinajstić information content (AvgIpc) is 3.19. The van der Waals surface area contributed by atoms with E-state index in [9.17, 15) is 5.26 Å². The van der Waals surface area contributed by atoms with Crippen LogP contribution in [0.2, 0.25) is 0 Å². The largest absolute Gasteiger partial charge is 0.369 e. The van der Waals surface area contributed by atoms with Crippen LogP contribution in [0.25, 0.3) is 11.3 Å². The highest BCUT2D eigenvalue weighted by Gasteiger charge is 2.21. The van der Waals surface area contributed by atoms with Gasteiger partial charge in [-0.3, -0.25) is 0 Å². The summed E-state index contributed by atoms with van der Waals surface area (Å²) in [4.78, 5) is 12.2. The first-order valence-corrected chi connectivity index (χ1v) is 7.77. The standard InChI is InChI=1S/C19H15N5/c20-11-13-7-4-8-15-14(13)9-10-16(15)22-18-17(23-19(21)24-18)12-5-2-1-3-6-12/h1-8H,9-10H2,(H3,21,23,24). The minimum Gasteiger partial charge on any atom is -0.369 e. The quantitative estimate of drug-likeness (QED) is 0.757. The molecule has 3 N–H and O–H groups in total. The van der Waals surface area contributed by atoms with Gasteiger partial charge in [0.25, 0.3) is 0 Å². The second-order valence-electron chi connectivity index (χ2n) is 5.69. The molecule has 0 amide bonds. The predicted octanol–water partition coefficient (Wildman–Crippen LogP) is 3.60. The molecule has 2 aromatic carbocycles. The van der Waals surface area contributed by atoms with Crippen molar-refractivity contribution in [3.8, 4) is 17.3 Å². The maximum absolute atomic E-state index is 9.25. The molecule has 0 saturated carbocycles. The number of nitrogens with two attached hydrogens (primary N) is 1. The molecular formula is C19H15N5. The third-order valence-corrected chi connectivity index (χ3v) is 4.22. The first-order chi connectivity index (χ1) is 11.8. The fourth-order valence-corrected chi connectivity index (χ4v) is 3.12. The van der Waals surface area contributed by atoms with Crippen LogP contribution in [0.4, 0.5) is 11.8 Å². The molecule has 3 aromatic rings. The Kier molecular flexibility index (Phi) is 3.36. The summed E-state index contributed by atoms with van der Waals surface area (Å²) in [6.07, 6.45) is 1.64. The van der Waals surface area contributed by atoms with Crippen LogP contribution in [0, 0.1) is 11.3 Å². The number of benzene rings is 2. The monoisotopic (exact) mass is 313 g/mol. The van der Waals surface area contributed by atoms with Crippen molar-refractivity contribution in [2.24, 2.45) is 4.99 Å². The van der Waals surface area contributed by atoms with Gasteiger partial charge in [-0.1, -0.05) is 42.5 Å². The number of aliphatic imine (C=N–C) groups is 1. The number of fused-ring (bicyclic) bond motifs is 1. The fourth-order valence-electron chi connectivity index (χ4n) is 3.12. The summed E-state index contributed by atoms with van der Waals surface area (Å²) in [7, 11) is 0. The number of aromatic amines is 1. The highest BCUT2D eigenvalue weighted by atomic mass is 15.1. The smallest absolute Gasteiger partial charge is 0.199 e. The highest BCUT2D eigenvalue weighted by molar-refractivity contribution is 6.06. The van der Waals surface area contributed by atoms with E-state index >= 15 is 0 Å². The average molecular weight is 313 g/mol. The summed E-state index contributed by atoms with van der Waals surface area (Å²) >= 11 is 0. The van der Waals surface area contributed by atoms with Gasteiger partial charge in [0.2, 0.25) is 0 Å². The Hall–Kier alpha value is -3.39. The summed E-state index contributed by atoms with van der Waals surface area (Å²) in [5.74, 6) is 1.00. The van der Waals surface area contributed by atoms with E-state index in [1.807, 2.05) is 48.5 Å². The maximum atomic E-state index is 9.25. The van der Waals surface area contributed by atoms with E-state index in [1.165, 1.54) is 0 Å². The molecule has 0 fully saturated rings. The molecule has 5 heteroatoms. The first kappa shape index (κ1) is 14.2. The Morgan fingerprint density at radius 1 is 1.08 bits per heavy atom. The topological polar surface area (TPSA) is 90.8 Å². The minimum absolute atomic E-state index is 0.345. The van der Waals surface area contributed by atoms with E-state index < -0.39 is 0 Å². The second-order valence-corrected chi connectivity index (χ2v) is 5.69. The Bertz CT molecular complexity index is 977. The van der Waals surface area contributed by atoms with Crippen molar-refractivity contribution in [1.29, 1.82) is 5.26 Å². The van der Waals surface area contributed by atoms with E-state index in [0.29, 0.717) is 11.8 Å². The second kappa shape index (κ2) is 5.67. The number of nitriles is 1. The summed E-state index contributed by atoms with van der Waals surface area (Å²) in [5, 5.41) is 9.25. The van der Waals surface area contributed by atoms with Crippen LogP contribution < -0.4 is 5.73 Å². The molecule has 1 heterocycles. The Morgan fingerprint density at radius 3 is 2.71 bits per heavy atom. The zero-order valence-electron chi connectivity index (χ0n) is 13.0. The molecule has 4 rings (SSSR count). The van der Waals surface area contributed by atoms with Gasteiger partial charge < -0.3 is 10.7 Å². The Balaban J connectivity index is 1.82. The van der Waals surface area contributed by atoms with Crippen molar-refractivity contribution in [3.63, 3.8) is 0 Å². The van der Waals surface area contributed by atoms with Crippen LogP contribution >= 0.6 is 0 Å². The van der Waals surface area contributed by atoms with Gasteiger partial charge in [-0.2, -0.15) is 5.26 Å². The van der Waals surface area contributed by atoms with Crippen LogP contribution in [0.15, 0.2) is 53.5 Å². The SMILES string of the molecule is N#Cc1cccc2c1CCC2=Nc1[nH]c(N)nc1-c1ccccc1. The van der Waals surface area contributed by atoms with E-state index in [4.69, 9.17) is 10.7 Å². The summed E-state index contributed by atoms with van der Waals surface area (Å²) in [6, 6.07) is 17.9. The third-order valence-electron chi connectivity index (χ3n) is 4.22. The number of aromatic nitrogens is 2. The van der Waals surface area contributed by atoms with Gasteiger partial charge in [0.1, 0.15) is 5.69 Å². The van der Waals surface area contributed by atoms with Gasteiger partial charge in [-0.15, -0.1) is 0 Å². The van der Waals surface area contributed by atoms with Crippen LogP contribution in [-0.2, 0) is 6.42 Å². The van der Waals surface area contributed by atoms with Crippen LogP contribution in [0.1, 0.15) is 23.1 Å². The van der Waals surface area contributed by atoms with Crippen LogP contribution in [0.5, 0.6) is 0 Å². The van der Waals surface area contributed by atoms with Crippen molar-refractivity contribution in [2.75, 3.05) is 5.73 Å². The molecule has 0 atom stereocenters. The molecule has 0 bridgehead atoms. The zero-order chi connectivity index (χ0) is 16.5. The highest BCUT2D eigenvalue weighted by Crippen LogP contribution is 2.32. The number of nitrogens with one attached hydrogen (secondary N) is 1. The lowest BCUT2D eigenvalue weighted by atomic mass is 10.0. The normalized spacial score (nSPS) is 14.5. The van der Waals surface area contributed by atoms with Gasteiger partial charge in [-0.25, -0.2) is 9.98 Å². The summed E-state index contributed by atoms with van der Waals surface area (Å²) in [6.45, 7) is 0. The van der Waals surface area contributed by atoms with Gasteiger partial charge in [0, 0.05) is 11.1 Å². The van der Waals surface area contributed by atoms with Crippen molar-refractivity contribution in [2.45, 2.75) is 12.8 Å². The number of hydrogen-bond acceptors (Lipinski definition) is 4. The lowest BCUT2D eigenvalue weighted by Gasteiger charge is -2.02. The van der Waals surface area contributed by atoms with Gasteiger partial charge in [-0.05, 0) is 24.5 Å². The van der Waals surface area contributed by atoms with Crippen LogP contribution in [-0.4, -0.2) is 15.7 Å². The molecule has 5 nitrogen and oxygen atoms in total. The molecule has 24 heavy (non-hydrogen) atoms. The molecule has 0 radical (unpaired) electrons. The summed E-state index contributed by atoms with van der Waals surface area (Å²) < 4.78 is 0. The molecule has 1 aliphatic rings. The molecule has 1 aromatic heterocycles. The predicted molar refractivity (Wildman–Crippen MR) is 94.1 cm³/mol. The number of anilines is 1. The Labute approximate surface area is 139 Å². The molecule has 116 valence electrons. The number of hydrogen-bond donors (Lipinski definition) is 2. The fraction of sp³-hybridized carbons (Fsp3) is 0.105. The van der Waals surface area contributed by atoms with Crippen LogP contribution in [0.3, 0.4) is 0 Å². The Morgan fingerprint density at radius 2 is 1.92 bits per heavy atom.